The van der Waals surface area contributed by atoms with E-state index in [0.29, 0.717) is 12.1 Å². The molecule has 0 aliphatic carbocycles. The van der Waals surface area contributed by atoms with E-state index >= 15 is 0 Å². The van der Waals surface area contributed by atoms with Crippen LogP contribution in [0.1, 0.15) is 25.6 Å². The maximum absolute atomic E-state index is 13.2. The van der Waals surface area contributed by atoms with Crippen LogP contribution in [0.2, 0.25) is 0 Å². The van der Waals surface area contributed by atoms with Crippen molar-refractivity contribution in [2.24, 2.45) is 0 Å². The quantitative estimate of drug-likeness (QED) is 0.911. The molecule has 2 rings (SSSR count). The van der Waals surface area contributed by atoms with Crippen molar-refractivity contribution in [1.82, 2.24) is 5.32 Å². The van der Waals surface area contributed by atoms with Crippen molar-refractivity contribution in [2.45, 2.75) is 6.54 Å². The Balaban J connectivity index is 2.24. The number of carbonyl (C=O) groups excluding carboxylic acids is 1. The smallest absolute Gasteiger partial charge is 0.336 e. The molecule has 0 aliphatic rings. The Kier molecular flexibility index (Phi) is 4.09. The van der Waals surface area contributed by atoms with Crippen molar-refractivity contribution in [3.05, 3.63) is 57.3 Å². The number of thiophene rings is 1. The highest BCUT2D eigenvalue weighted by molar-refractivity contribution is 7.09. The van der Waals surface area contributed by atoms with Crippen LogP contribution in [0.15, 0.2) is 29.6 Å². The number of nitrogens with one attached hydrogen (secondary N) is 1. The molecule has 0 spiro atoms. The van der Waals surface area contributed by atoms with E-state index in [9.17, 15) is 18.4 Å². The van der Waals surface area contributed by atoms with Gasteiger partial charge < -0.3 is 10.4 Å². The Morgan fingerprint density at radius 3 is 2.40 bits per heavy atom. The second-order valence-electron chi connectivity index (χ2n) is 3.88. The summed E-state index contributed by atoms with van der Waals surface area (Å²) in [5.74, 6) is -4.84. The van der Waals surface area contributed by atoms with Gasteiger partial charge in [-0.05, 0) is 23.6 Å². The van der Waals surface area contributed by atoms with Gasteiger partial charge >= 0.3 is 5.97 Å². The minimum atomic E-state index is -1.50. The van der Waals surface area contributed by atoms with E-state index < -0.39 is 34.6 Å². The van der Waals surface area contributed by atoms with Gasteiger partial charge in [0.2, 0.25) is 0 Å². The van der Waals surface area contributed by atoms with Crippen LogP contribution in [-0.2, 0) is 6.54 Å². The molecule has 0 aliphatic heterocycles. The summed E-state index contributed by atoms with van der Waals surface area (Å²) < 4.78 is 26.2. The van der Waals surface area contributed by atoms with Crippen LogP contribution in [0.3, 0.4) is 0 Å². The molecule has 0 saturated heterocycles. The van der Waals surface area contributed by atoms with Gasteiger partial charge in [-0.1, -0.05) is 6.07 Å². The minimum absolute atomic E-state index is 0.189. The average Bonchev–Trinajstić information content (AvgIpc) is 2.91. The van der Waals surface area contributed by atoms with Crippen LogP contribution in [0.5, 0.6) is 0 Å². The van der Waals surface area contributed by atoms with Crippen molar-refractivity contribution in [3.8, 4) is 0 Å². The zero-order chi connectivity index (χ0) is 14.7. The first-order valence-corrected chi connectivity index (χ1v) is 6.40. The highest BCUT2D eigenvalue weighted by atomic mass is 32.1. The summed E-state index contributed by atoms with van der Waals surface area (Å²) in [6.45, 7) is 0.189. The number of hydrogen-bond acceptors (Lipinski definition) is 3. The number of carboxylic acids is 1. The van der Waals surface area contributed by atoms with E-state index in [-0.39, 0.29) is 6.54 Å². The molecular weight excluding hydrogens is 288 g/mol. The van der Waals surface area contributed by atoms with Gasteiger partial charge in [0.15, 0.2) is 11.6 Å². The predicted octanol–water partition coefficient (Wildman–Crippen LogP) is 2.65. The van der Waals surface area contributed by atoms with Crippen LogP contribution >= 0.6 is 11.3 Å². The maximum Gasteiger partial charge on any atom is 0.336 e. The molecule has 1 heterocycles. The van der Waals surface area contributed by atoms with E-state index in [1.165, 1.54) is 11.3 Å². The fourth-order valence-corrected chi connectivity index (χ4v) is 2.23. The molecule has 20 heavy (non-hydrogen) atoms. The standard InChI is InChI=1S/C13H9F2NO3S/c14-10-4-8(9(13(18)19)5-11(10)15)12(17)16-6-7-2-1-3-20-7/h1-5H,6H2,(H,16,17)(H,18,19). The Morgan fingerprint density at radius 2 is 1.85 bits per heavy atom. The maximum atomic E-state index is 13.2. The Bertz CT molecular complexity index is 656. The first-order chi connectivity index (χ1) is 9.49. The molecule has 1 amide bonds. The number of carbonyl (C=O) groups is 2. The molecule has 7 heteroatoms. The van der Waals surface area contributed by atoms with Crippen LogP contribution < -0.4 is 5.32 Å². The van der Waals surface area contributed by atoms with E-state index in [4.69, 9.17) is 5.11 Å². The van der Waals surface area contributed by atoms with Crippen molar-refractivity contribution < 1.29 is 23.5 Å². The summed E-state index contributed by atoms with van der Waals surface area (Å²) >= 11 is 1.41. The Hall–Kier alpha value is -2.28. The second kappa shape index (κ2) is 5.79. The number of halogens is 2. The molecule has 0 bridgehead atoms. The number of aromatic carboxylic acids is 1. The Labute approximate surface area is 116 Å². The van der Waals surface area contributed by atoms with Crippen LogP contribution in [0.25, 0.3) is 0 Å². The third-order valence-corrected chi connectivity index (χ3v) is 3.42. The molecule has 2 N–H and O–H groups in total. The van der Waals surface area contributed by atoms with E-state index in [1.807, 2.05) is 5.38 Å². The normalized spacial score (nSPS) is 10.3. The lowest BCUT2D eigenvalue weighted by atomic mass is 10.1. The lowest BCUT2D eigenvalue weighted by molar-refractivity contribution is 0.0690. The van der Waals surface area contributed by atoms with Crippen LogP contribution in [0.4, 0.5) is 8.78 Å². The fourth-order valence-electron chi connectivity index (χ4n) is 1.59. The van der Waals surface area contributed by atoms with Gasteiger partial charge in [0.05, 0.1) is 17.7 Å². The first kappa shape index (κ1) is 14.1. The fraction of sp³-hybridized carbons (Fsp3) is 0.0769. The molecule has 0 saturated carbocycles. The van der Waals surface area contributed by atoms with Gasteiger partial charge in [0.25, 0.3) is 5.91 Å². The minimum Gasteiger partial charge on any atom is -0.478 e. The highest BCUT2D eigenvalue weighted by Crippen LogP contribution is 2.16. The van der Waals surface area contributed by atoms with Gasteiger partial charge in [-0.2, -0.15) is 0 Å². The largest absolute Gasteiger partial charge is 0.478 e. The van der Waals surface area contributed by atoms with Crippen LogP contribution in [-0.4, -0.2) is 17.0 Å². The molecular formula is C13H9F2NO3S. The molecule has 1 aromatic heterocycles. The number of benzene rings is 1. The van der Waals surface area contributed by atoms with E-state index in [1.54, 1.807) is 12.1 Å². The van der Waals surface area contributed by atoms with E-state index in [2.05, 4.69) is 5.32 Å². The van der Waals surface area contributed by atoms with Gasteiger partial charge in [-0.15, -0.1) is 11.3 Å². The number of carboxylic acid groups (broad SMARTS) is 1. The lowest BCUT2D eigenvalue weighted by Crippen LogP contribution is -2.25. The summed E-state index contributed by atoms with van der Waals surface area (Å²) in [5, 5.41) is 13.2. The number of hydrogen-bond donors (Lipinski definition) is 2. The molecule has 0 radical (unpaired) electrons. The first-order valence-electron chi connectivity index (χ1n) is 5.52. The molecule has 0 atom stereocenters. The lowest BCUT2D eigenvalue weighted by Gasteiger charge is -2.07. The monoisotopic (exact) mass is 297 g/mol. The summed E-state index contributed by atoms with van der Waals surface area (Å²) in [7, 11) is 0. The average molecular weight is 297 g/mol. The SMILES string of the molecule is O=C(O)c1cc(F)c(F)cc1C(=O)NCc1cccs1. The zero-order valence-electron chi connectivity index (χ0n) is 10.0. The molecule has 4 nitrogen and oxygen atoms in total. The third-order valence-electron chi connectivity index (χ3n) is 2.54. The van der Waals surface area contributed by atoms with Gasteiger partial charge in [-0.25, -0.2) is 13.6 Å². The zero-order valence-corrected chi connectivity index (χ0v) is 10.8. The van der Waals surface area contributed by atoms with Crippen molar-refractivity contribution >= 4 is 23.2 Å². The molecule has 2 aromatic rings. The number of amides is 1. The highest BCUT2D eigenvalue weighted by Gasteiger charge is 2.20. The topological polar surface area (TPSA) is 66.4 Å². The summed E-state index contributed by atoms with van der Waals surface area (Å²) in [4.78, 5) is 23.7. The van der Waals surface area contributed by atoms with Gasteiger partial charge in [0.1, 0.15) is 0 Å². The summed E-state index contributed by atoms with van der Waals surface area (Å²) in [5.41, 5.74) is -0.986. The van der Waals surface area contributed by atoms with Gasteiger partial charge in [-0.3, -0.25) is 4.79 Å². The molecule has 0 unspecified atom stereocenters. The second-order valence-corrected chi connectivity index (χ2v) is 4.91. The van der Waals surface area contributed by atoms with Crippen molar-refractivity contribution in [2.75, 3.05) is 0 Å². The van der Waals surface area contributed by atoms with Crippen molar-refractivity contribution in [3.63, 3.8) is 0 Å². The summed E-state index contributed by atoms with van der Waals surface area (Å²) in [6, 6.07) is 4.67. The molecule has 0 fully saturated rings. The van der Waals surface area contributed by atoms with E-state index in [0.717, 1.165) is 4.88 Å². The van der Waals surface area contributed by atoms with Gasteiger partial charge in [0, 0.05) is 4.88 Å². The third kappa shape index (κ3) is 3.00. The predicted molar refractivity (Wildman–Crippen MR) is 68.8 cm³/mol. The van der Waals surface area contributed by atoms with Crippen LogP contribution in [0, 0.1) is 11.6 Å². The number of rotatable bonds is 4. The van der Waals surface area contributed by atoms with Crippen molar-refractivity contribution in [1.29, 1.82) is 0 Å². The Morgan fingerprint density at radius 1 is 1.20 bits per heavy atom. The molecule has 1 aromatic carbocycles. The summed E-state index contributed by atoms with van der Waals surface area (Å²) in [6.07, 6.45) is 0. The molecule has 104 valence electrons.